The van der Waals surface area contributed by atoms with Crippen molar-refractivity contribution in [3.8, 4) is 0 Å². The van der Waals surface area contributed by atoms with Crippen molar-refractivity contribution in [1.29, 1.82) is 0 Å². The highest BCUT2D eigenvalue weighted by molar-refractivity contribution is 5.76. The average molecular weight is 435 g/mol. The van der Waals surface area contributed by atoms with Crippen LogP contribution >= 0.6 is 0 Å². The van der Waals surface area contributed by atoms with E-state index in [0.717, 1.165) is 44.9 Å². The molecule has 0 amide bonds. The van der Waals surface area contributed by atoms with Crippen LogP contribution in [0.15, 0.2) is 11.6 Å². The molecule has 3 fully saturated rings. The fraction of sp³-hybridized carbons (Fsp3) is 0.840. The molecular formula is C25H38O6. The van der Waals surface area contributed by atoms with E-state index >= 15 is 0 Å². The number of aliphatic hydroxyl groups is 2. The van der Waals surface area contributed by atoms with E-state index in [4.69, 9.17) is 9.84 Å². The number of carbonyl (C=O) groups is 2. The summed E-state index contributed by atoms with van der Waals surface area (Å²) in [7, 11) is 0. The SMILES string of the molecule is C[C@H](O)C1(O)CCC2C3CC=C4CC(OC(=O)CCC(=O)O)CCC4(C)C3CCC21C. The van der Waals surface area contributed by atoms with Crippen LogP contribution in [0.5, 0.6) is 0 Å². The Hall–Kier alpha value is -1.40. The van der Waals surface area contributed by atoms with Crippen molar-refractivity contribution >= 4 is 11.9 Å². The van der Waals surface area contributed by atoms with Gasteiger partial charge in [-0.1, -0.05) is 25.5 Å². The monoisotopic (exact) mass is 434 g/mol. The number of fused-ring (bicyclic) bond motifs is 5. The maximum Gasteiger partial charge on any atom is 0.306 e. The zero-order chi connectivity index (χ0) is 22.6. The Bertz CT molecular complexity index is 774. The summed E-state index contributed by atoms with van der Waals surface area (Å²) in [6.07, 6.45) is 8.42. The van der Waals surface area contributed by atoms with E-state index in [-0.39, 0.29) is 29.8 Å². The second-order valence-corrected chi connectivity index (χ2v) is 11.1. The smallest absolute Gasteiger partial charge is 0.306 e. The first-order chi connectivity index (χ1) is 14.5. The Morgan fingerprint density at radius 1 is 1.13 bits per heavy atom. The van der Waals surface area contributed by atoms with Gasteiger partial charge >= 0.3 is 11.9 Å². The maximum atomic E-state index is 12.0. The van der Waals surface area contributed by atoms with E-state index in [9.17, 15) is 19.8 Å². The highest BCUT2D eigenvalue weighted by Crippen LogP contribution is 2.67. The molecule has 0 radical (unpaired) electrons. The molecule has 4 aliphatic carbocycles. The number of ether oxygens (including phenoxy) is 1. The number of carbonyl (C=O) groups excluding carboxylic acids is 1. The third kappa shape index (κ3) is 3.54. The maximum absolute atomic E-state index is 12.0. The molecule has 31 heavy (non-hydrogen) atoms. The predicted octanol–water partition coefficient (Wildman–Crippen LogP) is 3.84. The fourth-order valence-electron chi connectivity index (χ4n) is 7.92. The zero-order valence-corrected chi connectivity index (χ0v) is 19.1. The highest BCUT2D eigenvalue weighted by atomic mass is 16.5. The first kappa shape index (κ1) is 22.8. The van der Waals surface area contributed by atoms with Gasteiger partial charge in [-0.2, -0.15) is 0 Å². The van der Waals surface area contributed by atoms with Crippen molar-refractivity contribution in [2.45, 2.75) is 103 Å². The number of rotatable bonds is 5. The molecule has 4 aliphatic rings. The molecule has 7 unspecified atom stereocenters. The summed E-state index contributed by atoms with van der Waals surface area (Å²) in [6, 6.07) is 0. The van der Waals surface area contributed by atoms with Gasteiger partial charge in [0.2, 0.25) is 0 Å². The van der Waals surface area contributed by atoms with Gasteiger partial charge in [0.25, 0.3) is 0 Å². The predicted molar refractivity (Wildman–Crippen MR) is 115 cm³/mol. The van der Waals surface area contributed by atoms with Gasteiger partial charge in [-0.3, -0.25) is 9.59 Å². The molecule has 6 heteroatoms. The molecule has 0 aromatic heterocycles. The molecule has 0 aromatic rings. The standard InChI is InChI=1S/C25H38O6/c1-15(26)25(30)13-10-20-18-5-4-16-14-17(31-22(29)7-6-21(27)28)8-11-23(16,2)19(18)9-12-24(20,25)3/h4,15,17-20,26,30H,5-14H2,1-3H3,(H,27,28)/t15-,17?,18?,19?,20?,23?,24?,25?/m0/s1. The third-order valence-corrected chi connectivity index (χ3v) is 9.81. The second-order valence-electron chi connectivity index (χ2n) is 11.1. The summed E-state index contributed by atoms with van der Waals surface area (Å²) in [5.74, 6) is 0.113. The third-order valence-electron chi connectivity index (χ3n) is 9.81. The van der Waals surface area contributed by atoms with E-state index in [1.54, 1.807) is 6.92 Å². The lowest BCUT2D eigenvalue weighted by Crippen LogP contribution is -2.58. The summed E-state index contributed by atoms with van der Waals surface area (Å²) in [6.45, 7) is 6.30. The van der Waals surface area contributed by atoms with Crippen molar-refractivity contribution < 1.29 is 29.6 Å². The molecule has 174 valence electrons. The van der Waals surface area contributed by atoms with Crippen LogP contribution in [0.2, 0.25) is 0 Å². The molecule has 0 aliphatic heterocycles. The van der Waals surface area contributed by atoms with Crippen LogP contribution in [0.1, 0.15) is 85.0 Å². The minimum Gasteiger partial charge on any atom is -0.481 e. The van der Waals surface area contributed by atoms with Crippen LogP contribution < -0.4 is 0 Å². The van der Waals surface area contributed by atoms with Crippen LogP contribution in [-0.4, -0.2) is 45.1 Å². The minimum atomic E-state index is -0.991. The molecule has 4 rings (SSSR count). The molecule has 6 nitrogen and oxygen atoms in total. The number of hydrogen-bond acceptors (Lipinski definition) is 5. The largest absolute Gasteiger partial charge is 0.481 e. The highest BCUT2D eigenvalue weighted by Gasteiger charge is 2.65. The number of aliphatic carboxylic acids is 1. The lowest BCUT2D eigenvalue weighted by molar-refractivity contribution is -0.171. The van der Waals surface area contributed by atoms with Crippen LogP contribution in [0.25, 0.3) is 0 Å². The summed E-state index contributed by atoms with van der Waals surface area (Å²) < 4.78 is 5.61. The van der Waals surface area contributed by atoms with Crippen molar-refractivity contribution in [2.24, 2.45) is 28.6 Å². The Kier molecular flexibility index (Phi) is 5.79. The van der Waals surface area contributed by atoms with Crippen LogP contribution in [-0.2, 0) is 14.3 Å². The zero-order valence-electron chi connectivity index (χ0n) is 19.1. The van der Waals surface area contributed by atoms with Crippen LogP contribution in [0.4, 0.5) is 0 Å². The van der Waals surface area contributed by atoms with Gasteiger partial charge in [0.05, 0.1) is 24.5 Å². The van der Waals surface area contributed by atoms with Crippen molar-refractivity contribution in [3.63, 3.8) is 0 Å². The first-order valence-electron chi connectivity index (χ1n) is 12.0. The number of allylic oxidation sites excluding steroid dienone is 1. The number of carboxylic acid groups (broad SMARTS) is 1. The summed E-state index contributed by atoms with van der Waals surface area (Å²) in [5.41, 5.74) is 0.263. The number of carboxylic acids is 1. The van der Waals surface area contributed by atoms with E-state index in [1.165, 1.54) is 5.57 Å². The van der Waals surface area contributed by atoms with Gasteiger partial charge in [-0.05, 0) is 75.0 Å². The molecule has 8 atom stereocenters. The van der Waals surface area contributed by atoms with Gasteiger partial charge in [0.15, 0.2) is 0 Å². The Morgan fingerprint density at radius 3 is 2.52 bits per heavy atom. The van der Waals surface area contributed by atoms with Gasteiger partial charge in [-0.15, -0.1) is 0 Å². The van der Waals surface area contributed by atoms with Gasteiger partial charge < -0.3 is 20.1 Å². The fourth-order valence-corrected chi connectivity index (χ4v) is 7.92. The quantitative estimate of drug-likeness (QED) is 0.449. The molecule has 3 saturated carbocycles. The Labute approximate surface area is 185 Å². The second kappa shape index (κ2) is 7.87. The molecule has 3 N–H and O–H groups in total. The van der Waals surface area contributed by atoms with Crippen molar-refractivity contribution in [1.82, 2.24) is 0 Å². The Balaban J connectivity index is 1.48. The van der Waals surface area contributed by atoms with Crippen molar-refractivity contribution in [3.05, 3.63) is 11.6 Å². The van der Waals surface area contributed by atoms with E-state index in [2.05, 4.69) is 19.9 Å². The minimum absolute atomic E-state index is 0.0701. The van der Waals surface area contributed by atoms with E-state index < -0.39 is 23.6 Å². The topological polar surface area (TPSA) is 104 Å². The van der Waals surface area contributed by atoms with E-state index in [1.807, 2.05) is 0 Å². The van der Waals surface area contributed by atoms with E-state index in [0.29, 0.717) is 24.2 Å². The number of aliphatic hydroxyl groups excluding tert-OH is 1. The molecule has 0 bridgehead atoms. The lowest BCUT2D eigenvalue weighted by Gasteiger charge is -2.59. The van der Waals surface area contributed by atoms with Gasteiger partial charge in [-0.25, -0.2) is 0 Å². The van der Waals surface area contributed by atoms with Gasteiger partial charge in [0.1, 0.15) is 6.10 Å². The summed E-state index contributed by atoms with van der Waals surface area (Å²) in [4.78, 5) is 22.7. The molecule has 0 heterocycles. The molecule has 0 saturated heterocycles. The van der Waals surface area contributed by atoms with Crippen LogP contribution in [0, 0.1) is 28.6 Å². The molecule has 0 aromatic carbocycles. The molecule has 0 spiro atoms. The normalized spacial score (nSPS) is 45.0. The van der Waals surface area contributed by atoms with Crippen LogP contribution in [0.3, 0.4) is 0 Å². The molecular weight excluding hydrogens is 396 g/mol. The van der Waals surface area contributed by atoms with Crippen molar-refractivity contribution in [2.75, 3.05) is 0 Å². The van der Waals surface area contributed by atoms with Gasteiger partial charge in [0, 0.05) is 11.8 Å². The Morgan fingerprint density at radius 2 is 1.84 bits per heavy atom. The number of esters is 1. The first-order valence-corrected chi connectivity index (χ1v) is 12.0. The summed E-state index contributed by atoms with van der Waals surface area (Å²) in [5, 5.41) is 30.5. The number of hydrogen-bond donors (Lipinski definition) is 3. The average Bonchev–Trinajstić information content (AvgIpc) is 2.99. The lowest BCUT2D eigenvalue weighted by atomic mass is 9.46. The summed E-state index contributed by atoms with van der Waals surface area (Å²) >= 11 is 0.